The Balaban J connectivity index is 1.49. The van der Waals surface area contributed by atoms with Crippen molar-refractivity contribution in [2.24, 2.45) is 0 Å². The molecule has 0 aromatic heterocycles. The standard InChI is InChI=1S/C23H29ClN2O3/c1-28-21-10-6-18(16-22(21)29-2)7-11-23(27)26-13-3-12-25(14-15-26)17-19-4-8-20(24)9-5-19/h4-6,8-10,16H,3,7,11-15,17H2,1-2H3. The zero-order valence-electron chi connectivity index (χ0n) is 17.2. The molecule has 0 spiro atoms. The highest BCUT2D eigenvalue weighted by Crippen LogP contribution is 2.28. The third kappa shape index (κ3) is 6.12. The van der Waals surface area contributed by atoms with Crippen LogP contribution in [0.1, 0.15) is 24.0 Å². The number of aryl methyl sites for hydroxylation is 1. The summed E-state index contributed by atoms with van der Waals surface area (Å²) >= 11 is 5.97. The molecule has 2 aromatic rings. The molecule has 3 rings (SSSR count). The van der Waals surface area contributed by atoms with Crippen molar-refractivity contribution in [1.82, 2.24) is 9.80 Å². The predicted molar refractivity (Wildman–Crippen MR) is 116 cm³/mol. The smallest absolute Gasteiger partial charge is 0.222 e. The molecule has 1 aliphatic heterocycles. The zero-order valence-corrected chi connectivity index (χ0v) is 18.0. The van der Waals surface area contributed by atoms with E-state index in [9.17, 15) is 4.79 Å². The molecule has 156 valence electrons. The number of halogens is 1. The lowest BCUT2D eigenvalue weighted by Gasteiger charge is -2.22. The molecule has 0 unspecified atom stereocenters. The maximum absolute atomic E-state index is 12.7. The van der Waals surface area contributed by atoms with E-state index in [-0.39, 0.29) is 5.91 Å². The average molecular weight is 417 g/mol. The van der Waals surface area contributed by atoms with Gasteiger partial charge in [0.25, 0.3) is 0 Å². The topological polar surface area (TPSA) is 42.0 Å². The molecule has 6 heteroatoms. The minimum absolute atomic E-state index is 0.216. The van der Waals surface area contributed by atoms with Crippen molar-refractivity contribution in [1.29, 1.82) is 0 Å². The Kier molecular flexibility index (Phi) is 7.78. The van der Waals surface area contributed by atoms with Gasteiger partial charge in [-0.25, -0.2) is 0 Å². The lowest BCUT2D eigenvalue weighted by atomic mass is 10.1. The van der Waals surface area contributed by atoms with Crippen molar-refractivity contribution in [3.8, 4) is 11.5 Å². The average Bonchev–Trinajstić information content (AvgIpc) is 2.99. The fourth-order valence-corrected chi connectivity index (χ4v) is 3.80. The van der Waals surface area contributed by atoms with Gasteiger partial charge in [-0.1, -0.05) is 29.8 Å². The summed E-state index contributed by atoms with van der Waals surface area (Å²) in [5.41, 5.74) is 2.33. The van der Waals surface area contributed by atoms with Crippen LogP contribution in [-0.4, -0.2) is 56.1 Å². The first-order valence-corrected chi connectivity index (χ1v) is 10.4. The van der Waals surface area contributed by atoms with E-state index < -0.39 is 0 Å². The molecule has 1 amide bonds. The maximum Gasteiger partial charge on any atom is 0.222 e. The molecule has 0 bridgehead atoms. The van der Waals surface area contributed by atoms with Crippen molar-refractivity contribution in [2.45, 2.75) is 25.8 Å². The SMILES string of the molecule is COc1ccc(CCC(=O)N2CCCN(Cc3ccc(Cl)cc3)CC2)cc1OC. The number of ether oxygens (including phenoxy) is 2. The number of benzene rings is 2. The number of carbonyl (C=O) groups excluding carboxylic acids is 1. The van der Waals surface area contributed by atoms with Crippen LogP contribution >= 0.6 is 11.6 Å². The summed E-state index contributed by atoms with van der Waals surface area (Å²) in [6.07, 6.45) is 2.20. The minimum atomic E-state index is 0.216. The van der Waals surface area contributed by atoms with Crippen LogP contribution in [0.4, 0.5) is 0 Å². The van der Waals surface area contributed by atoms with Crippen LogP contribution in [0.15, 0.2) is 42.5 Å². The summed E-state index contributed by atoms with van der Waals surface area (Å²) < 4.78 is 10.6. The van der Waals surface area contributed by atoms with Crippen LogP contribution in [0, 0.1) is 0 Å². The molecule has 1 fully saturated rings. The van der Waals surface area contributed by atoms with E-state index in [1.165, 1.54) is 5.56 Å². The summed E-state index contributed by atoms with van der Waals surface area (Å²) in [5, 5.41) is 0.760. The summed E-state index contributed by atoms with van der Waals surface area (Å²) in [4.78, 5) is 17.2. The van der Waals surface area contributed by atoms with E-state index in [2.05, 4.69) is 17.0 Å². The Morgan fingerprint density at radius 3 is 2.38 bits per heavy atom. The van der Waals surface area contributed by atoms with Crippen LogP contribution in [-0.2, 0) is 17.8 Å². The molecule has 1 saturated heterocycles. The van der Waals surface area contributed by atoms with Gasteiger partial charge in [-0.15, -0.1) is 0 Å². The zero-order chi connectivity index (χ0) is 20.6. The van der Waals surface area contributed by atoms with E-state index in [1.54, 1.807) is 14.2 Å². The Labute approximate surface area is 178 Å². The van der Waals surface area contributed by atoms with E-state index in [0.29, 0.717) is 24.3 Å². The van der Waals surface area contributed by atoms with Crippen molar-refractivity contribution >= 4 is 17.5 Å². The number of hydrogen-bond donors (Lipinski definition) is 0. The van der Waals surface area contributed by atoms with Gasteiger partial charge in [-0.05, 0) is 48.2 Å². The third-order valence-electron chi connectivity index (χ3n) is 5.34. The minimum Gasteiger partial charge on any atom is -0.493 e. The first kappa shape index (κ1) is 21.5. The highest BCUT2D eigenvalue weighted by Gasteiger charge is 2.19. The van der Waals surface area contributed by atoms with Gasteiger partial charge in [0.1, 0.15) is 0 Å². The van der Waals surface area contributed by atoms with Crippen LogP contribution in [0.25, 0.3) is 0 Å². The van der Waals surface area contributed by atoms with Crippen molar-refractivity contribution in [3.05, 3.63) is 58.6 Å². The number of nitrogens with zero attached hydrogens (tertiary/aromatic N) is 2. The molecule has 1 heterocycles. The summed E-state index contributed by atoms with van der Waals surface area (Å²) in [6, 6.07) is 13.8. The summed E-state index contributed by atoms with van der Waals surface area (Å²) in [6.45, 7) is 4.39. The van der Waals surface area contributed by atoms with E-state index >= 15 is 0 Å². The molecular formula is C23H29ClN2O3. The van der Waals surface area contributed by atoms with Gasteiger partial charge < -0.3 is 14.4 Å². The number of rotatable bonds is 7. The summed E-state index contributed by atoms with van der Waals surface area (Å²) in [7, 11) is 3.25. The molecule has 2 aromatic carbocycles. The quantitative estimate of drug-likeness (QED) is 0.683. The van der Waals surface area contributed by atoms with Crippen LogP contribution in [0.5, 0.6) is 11.5 Å². The third-order valence-corrected chi connectivity index (χ3v) is 5.59. The molecule has 1 aliphatic rings. The number of hydrogen-bond acceptors (Lipinski definition) is 4. The fraction of sp³-hybridized carbons (Fsp3) is 0.435. The monoisotopic (exact) mass is 416 g/mol. The van der Waals surface area contributed by atoms with E-state index in [0.717, 1.165) is 49.7 Å². The van der Waals surface area contributed by atoms with Gasteiger partial charge in [0.05, 0.1) is 14.2 Å². The van der Waals surface area contributed by atoms with Gasteiger partial charge in [0.15, 0.2) is 11.5 Å². The van der Waals surface area contributed by atoms with Crippen molar-refractivity contribution in [2.75, 3.05) is 40.4 Å². The second kappa shape index (κ2) is 10.5. The van der Waals surface area contributed by atoms with Gasteiger partial charge in [0.2, 0.25) is 5.91 Å². The number of carbonyl (C=O) groups is 1. The fourth-order valence-electron chi connectivity index (χ4n) is 3.67. The number of amides is 1. The highest BCUT2D eigenvalue weighted by molar-refractivity contribution is 6.30. The van der Waals surface area contributed by atoms with Gasteiger partial charge in [-0.2, -0.15) is 0 Å². The van der Waals surface area contributed by atoms with E-state index in [4.69, 9.17) is 21.1 Å². The van der Waals surface area contributed by atoms with Crippen molar-refractivity contribution in [3.63, 3.8) is 0 Å². The van der Waals surface area contributed by atoms with Crippen LogP contribution in [0.3, 0.4) is 0 Å². The first-order chi connectivity index (χ1) is 14.1. The highest BCUT2D eigenvalue weighted by atomic mass is 35.5. The molecule has 0 aliphatic carbocycles. The lowest BCUT2D eigenvalue weighted by molar-refractivity contribution is -0.131. The first-order valence-electron chi connectivity index (χ1n) is 10.0. The van der Waals surface area contributed by atoms with E-state index in [1.807, 2.05) is 35.2 Å². The van der Waals surface area contributed by atoms with Gasteiger partial charge >= 0.3 is 0 Å². The Bertz CT molecular complexity index is 810. The molecule has 0 radical (unpaired) electrons. The second-order valence-electron chi connectivity index (χ2n) is 7.33. The molecule has 29 heavy (non-hydrogen) atoms. The van der Waals surface area contributed by atoms with Gasteiger partial charge in [-0.3, -0.25) is 9.69 Å². The normalized spacial score (nSPS) is 15.1. The second-order valence-corrected chi connectivity index (χ2v) is 7.76. The largest absolute Gasteiger partial charge is 0.493 e. The molecular weight excluding hydrogens is 388 g/mol. The lowest BCUT2D eigenvalue weighted by Crippen LogP contribution is -2.35. The predicted octanol–water partition coefficient (Wildman–Crippen LogP) is 4.02. The Morgan fingerprint density at radius 1 is 0.931 bits per heavy atom. The molecule has 0 saturated carbocycles. The Morgan fingerprint density at radius 2 is 1.66 bits per heavy atom. The molecule has 5 nitrogen and oxygen atoms in total. The van der Waals surface area contributed by atoms with Crippen LogP contribution < -0.4 is 9.47 Å². The van der Waals surface area contributed by atoms with Gasteiger partial charge in [0, 0.05) is 44.2 Å². The number of methoxy groups -OCH3 is 2. The van der Waals surface area contributed by atoms with Crippen molar-refractivity contribution < 1.29 is 14.3 Å². The summed E-state index contributed by atoms with van der Waals surface area (Å²) in [5.74, 6) is 1.62. The Hall–Kier alpha value is -2.24. The van der Waals surface area contributed by atoms with Crippen LogP contribution in [0.2, 0.25) is 5.02 Å². The molecule has 0 atom stereocenters. The molecule has 0 N–H and O–H groups in total. The maximum atomic E-state index is 12.7.